The van der Waals surface area contributed by atoms with Crippen molar-refractivity contribution in [2.24, 2.45) is 0 Å². The number of hydrogen-bond donors (Lipinski definition) is 1. The van der Waals surface area contributed by atoms with Crippen LogP contribution in [0.15, 0.2) is 66.9 Å². The van der Waals surface area contributed by atoms with Crippen LogP contribution in [0.1, 0.15) is 57.2 Å². The van der Waals surface area contributed by atoms with Gasteiger partial charge in [-0.05, 0) is 60.7 Å². The number of pyridine rings is 1. The standard InChI is InChI=1S/C26H25N3O3/c30-25(28-24-12-10-21(17-27-24)29-13-5-2-6-14-29)19-9-11-22-20(15-19)16-23(32-26(22)31)18-7-3-1-4-8-18/h1,3-4,7-12,15,17,23H,2,5-6,13-14,16H2,(H,27,28,30). The Kier molecular flexibility index (Phi) is 5.58. The number of aromatic nitrogens is 1. The minimum Gasteiger partial charge on any atom is -0.454 e. The molecule has 2 aromatic carbocycles. The van der Waals surface area contributed by atoms with E-state index in [-0.39, 0.29) is 18.0 Å². The first-order valence-corrected chi connectivity index (χ1v) is 11.1. The van der Waals surface area contributed by atoms with E-state index in [2.05, 4.69) is 15.2 Å². The van der Waals surface area contributed by atoms with Crippen LogP contribution in [-0.2, 0) is 11.2 Å². The SMILES string of the molecule is O=C(Nc1ccc(N2CCCCC2)cn1)c1ccc2c(c1)CC(c1ccccc1)OC2=O. The van der Waals surface area contributed by atoms with Crippen LogP contribution in [0, 0.1) is 0 Å². The summed E-state index contributed by atoms with van der Waals surface area (Å²) in [6.07, 6.45) is 5.69. The molecule has 1 unspecified atom stereocenters. The molecule has 1 aromatic heterocycles. The highest BCUT2D eigenvalue weighted by Crippen LogP contribution is 2.31. The number of hydrogen-bond acceptors (Lipinski definition) is 5. The highest BCUT2D eigenvalue weighted by molar-refractivity contribution is 6.05. The van der Waals surface area contributed by atoms with Crippen molar-refractivity contribution in [2.75, 3.05) is 23.3 Å². The largest absolute Gasteiger partial charge is 0.454 e. The minimum absolute atomic E-state index is 0.249. The molecule has 3 aromatic rings. The fraction of sp³-hybridized carbons (Fsp3) is 0.269. The van der Waals surface area contributed by atoms with Gasteiger partial charge in [-0.2, -0.15) is 0 Å². The molecule has 0 radical (unpaired) electrons. The normalized spacial score (nSPS) is 17.9. The maximum Gasteiger partial charge on any atom is 0.339 e. The Bertz CT molecular complexity index is 1120. The van der Waals surface area contributed by atoms with Crippen molar-refractivity contribution in [2.45, 2.75) is 31.8 Å². The van der Waals surface area contributed by atoms with Crippen molar-refractivity contribution >= 4 is 23.4 Å². The highest BCUT2D eigenvalue weighted by Gasteiger charge is 2.28. The summed E-state index contributed by atoms with van der Waals surface area (Å²) in [7, 11) is 0. The van der Waals surface area contributed by atoms with Crippen molar-refractivity contribution in [1.29, 1.82) is 0 Å². The Morgan fingerprint density at radius 1 is 1.00 bits per heavy atom. The van der Waals surface area contributed by atoms with Crippen molar-refractivity contribution < 1.29 is 14.3 Å². The van der Waals surface area contributed by atoms with Crippen LogP contribution < -0.4 is 10.2 Å². The lowest BCUT2D eigenvalue weighted by atomic mass is 9.93. The van der Waals surface area contributed by atoms with Gasteiger partial charge in [0.15, 0.2) is 0 Å². The molecule has 32 heavy (non-hydrogen) atoms. The van der Waals surface area contributed by atoms with Gasteiger partial charge in [-0.25, -0.2) is 9.78 Å². The van der Waals surface area contributed by atoms with Crippen molar-refractivity contribution in [3.63, 3.8) is 0 Å². The summed E-state index contributed by atoms with van der Waals surface area (Å²) < 4.78 is 5.60. The van der Waals surface area contributed by atoms with Crippen LogP contribution in [0.25, 0.3) is 0 Å². The molecule has 0 spiro atoms. The molecule has 6 heteroatoms. The van der Waals surface area contributed by atoms with Gasteiger partial charge >= 0.3 is 5.97 Å². The zero-order valence-electron chi connectivity index (χ0n) is 17.8. The second-order valence-electron chi connectivity index (χ2n) is 8.28. The van der Waals surface area contributed by atoms with E-state index in [0.717, 1.165) is 29.9 Å². The van der Waals surface area contributed by atoms with Gasteiger partial charge in [0.05, 0.1) is 17.4 Å². The first-order chi connectivity index (χ1) is 15.7. The molecule has 2 aliphatic heterocycles. The molecule has 1 saturated heterocycles. The van der Waals surface area contributed by atoms with Gasteiger partial charge in [-0.1, -0.05) is 30.3 Å². The van der Waals surface area contributed by atoms with Crippen molar-refractivity contribution in [1.82, 2.24) is 4.98 Å². The molecular weight excluding hydrogens is 402 g/mol. The van der Waals surface area contributed by atoms with Crippen LogP contribution in [0.5, 0.6) is 0 Å². The van der Waals surface area contributed by atoms with Crippen LogP contribution in [0.2, 0.25) is 0 Å². The average Bonchev–Trinajstić information content (AvgIpc) is 2.85. The molecule has 1 atom stereocenters. The van der Waals surface area contributed by atoms with Gasteiger partial charge in [0.1, 0.15) is 11.9 Å². The van der Waals surface area contributed by atoms with E-state index < -0.39 is 0 Å². The molecule has 3 heterocycles. The molecule has 0 aliphatic carbocycles. The lowest BCUT2D eigenvalue weighted by molar-refractivity contribution is 0.0252. The summed E-state index contributed by atoms with van der Waals surface area (Å²) in [6, 6.07) is 18.6. The molecule has 0 bridgehead atoms. The predicted octanol–water partition coefficient (Wildman–Crippen LogP) is 4.78. The number of cyclic esters (lactones) is 1. The third-order valence-electron chi connectivity index (χ3n) is 6.12. The molecule has 0 saturated carbocycles. The van der Waals surface area contributed by atoms with E-state index in [1.807, 2.05) is 48.7 Å². The number of nitrogens with one attached hydrogen (secondary N) is 1. The van der Waals surface area contributed by atoms with Gasteiger partial charge in [0.2, 0.25) is 0 Å². The number of ether oxygens (including phenoxy) is 1. The van der Waals surface area contributed by atoms with Gasteiger partial charge in [0, 0.05) is 25.1 Å². The van der Waals surface area contributed by atoms with Crippen LogP contribution in [-0.4, -0.2) is 29.9 Å². The monoisotopic (exact) mass is 427 g/mol. The molecule has 162 valence electrons. The third-order valence-corrected chi connectivity index (χ3v) is 6.12. The third kappa shape index (κ3) is 4.21. The van der Waals surface area contributed by atoms with Gasteiger partial charge in [-0.15, -0.1) is 0 Å². The second kappa shape index (κ2) is 8.83. The van der Waals surface area contributed by atoms with Gasteiger partial charge in [-0.3, -0.25) is 4.79 Å². The molecular formula is C26H25N3O3. The van der Waals surface area contributed by atoms with Gasteiger partial charge in [0.25, 0.3) is 5.91 Å². The fourth-order valence-electron chi connectivity index (χ4n) is 4.38. The number of amides is 1. The second-order valence-corrected chi connectivity index (χ2v) is 8.28. The summed E-state index contributed by atoms with van der Waals surface area (Å²) in [5.74, 6) is -0.0988. The van der Waals surface area contributed by atoms with Crippen LogP contribution in [0.4, 0.5) is 11.5 Å². The van der Waals surface area contributed by atoms with E-state index in [4.69, 9.17) is 4.74 Å². The van der Waals surface area contributed by atoms with E-state index in [1.165, 1.54) is 19.3 Å². The quantitative estimate of drug-likeness (QED) is 0.607. The summed E-state index contributed by atoms with van der Waals surface area (Å²) in [5, 5.41) is 2.86. The number of fused-ring (bicyclic) bond motifs is 1. The van der Waals surface area contributed by atoms with E-state index in [1.54, 1.807) is 18.2 Å². The van der Waals surface area contributed by atoms with E-state index in [0.29, 0.717) is 23.4 Å². The Balaban J connectivity index is 1.30. The van der Waals surface area contributed by atoms with Crippen molar-refractivity contribution in [3.05, 3.63) is 89.1 Å². The predicted molar refractivity (Wildman–Crippen MR) is 123 cm³/mol. The zero-order chi connectivity index (χ0) is 21.9. The molecule has 1 amide bonds. The number of anilines is 2. The molecule has 6 nitrogen and oxygen atoms in total. The first-order valence-electron chi connectivity index (χ1n) is 11.1. The van der Waals surface area contributed by atoms with Crippen molar-refractivity contribution in [3.8, 4) is 0 Å². The average molecular weight is 428 g/mol. The Morgan fingerprint density at radius 2 is 1.81 bits per heavy atom. The van der Waals surface area contributed by atoms with E-state index in [9.17, 15) is 9.59 Å². The Morgan fingerprint density at radius 3 is 2.56 bits per heavy atom. The maximum atomic E-state index is 12.8. The summed E-state index contributed by atoms with van der Waals surface area (Å²) in [6.45, 7) is 2.10. The topological polar surface area (TPSA) is 71.5 Å². The fourth-order valence-corrected chi connectivity index (χ4v) is 4.38. The molecule has 1 fully saturated rings. The number of carbonyl (C=O) groups excluding carboxylic acids is 2. The highest BCUT2D eigenvalue weighted by atomic mass is 16.5. The number of carbonyl (C=O) groups is 2. The van der Waals surface area contributed by atoms with Gasteiger partial charge < -0.3 is 15.0 Å². The number of nitrogens with zero attached hydrogens (tertiary/aromatic N) is 2. The lowest BCUT2D eigenvalue weighted by Crippen LogP contribution is -2.29. The summed E-state index contributed by atoms with van der Waals surface area (Å²) in [5.41, 5.74) is 3.85. The smallest absolute Gasteiger partial charge is 0.339 e. The maximum absolute atomic E-state index is 12.8. The Labute approximate surface area is 187 Å². The zero-order valence-corrected chi connectivity index (χ0v) is 17.8. The van der Waals surface area contributed by atoms with Crippen LogP contribution in [0.3, 0.4) is 0 Å². The van der Waals surface area contributed by atoms with E-state index >= 15 is 0 Å². The number of piperidine rings is 1. The molecule has 5 rings (SSSR count). The first kappa shape index (κ1) is 20.2. The number of esters is 1. The number of benzene rings is 2. The lowest BCUT2D eigenvalue weighted by Gasteiger charge is -2.28. The minimum atomic E-state index is -0.359. The summed E-state index contributed by atoms with van der Waals surface area (Å²) in [4.78, 5) is 32.1. The molecule has 1 N–H and O–H groups in total. The molecule has 2 aliphatic rings. The Hall–Kier alpha value is -3.67. The van der Waals surface area contributed by atoms with Crippen LogP contribution >= 0.6 is 0 Å². The summed E-state index contributed by atoms with van der Waals surface area (Å²) >= 11 is 0. The number of rotatable bonds is 4.